The number of carbonyl (C=O) groups excluding carboxylic acids is 1. The molecule has 0 aromatic rings. The first-order valence-electron chi connectivity index (χ1n) is 7.36. The van der Waals surface area contributed by atoms with Gasteiger partial charge in [0.25, 0.3) is 0 Å². The molecule has 2 aliphatic rings. The van der Waals surface area contributed by atoms with E-state index in [4.69, 9.17) is 5.11 Å². The van der Waals surface area contributed by atoms with E-state index in [9.17, 15) is 9.59 Å². The number of carboxylic acid groups (broad SMARTS) is 1. The SMILES string of the molecule is CC(C(=O)O)C1CN(C(=O)NC2CCCCCC2)C1. The molecule has 1 aliphatic carbocycles. The summed E-state index contributed by atoms with van der Waals surface area (Å²) in [4.78, 5) is 24.6. The quantitative estimate of drug-likeness (QED) is 0.770. The highest BCUT2D eigenvalue weighted by molar-refractivity contribution is 5.76. The number of aliphatic carboxylic acids is 1. The average molecular weight is 268 g/mol. The fraction of sp³-hybridized carbons (Fsp3) is 0.857. The van der Waals surface area contributed by atoms with Gasteiger partial charge in [-0.3, -0.25) is 4.79 Å². The molecular weight excluding hydrogens is 244 g/mol. The van der Waals surface area contributed by atoms with Crippen LogP contribution in [0.4, 0.5) is 4.79 Å². The van der Waals surface area contributed by atoms with Crippen LogP contribution in [-0.4, -0.2) is 41.1 Å². The van der Waals surface area contributed by atoms with Crippen LogP contribution in [0.2, 0.25) is 0 Å². The van der Waals surface area contributed by atoms with Gasteiger partial charge in [0, 0.05) is 25.0 Å². The molecule has 2 rings (SSSR count). The van der Waals surface area contributed by atoms with Crippen LogP contribution in [0.3, 0.4) is 0 Å². The maximum atomic E-state index is 12.0. The van der Waals surface area contributed by atoms with Crippen LogP contribution < -0.4 is 5.32 Å². The molecule has 0 aromatic heterocycles. The van der Waals surface area contributed by atoms with E-state index in [0.29, 0.717) is 19.1 Å². The Morgan fingerprint density at radius 1 is 1.16 bits per heavy atom. The van der Waals surface area contributed by atoms with E-state index in [2.05, 4.69) is 5.32 Å². The second kappa shape index (κ2) is 6.26. The largest absolute Gasteiger partial charge is 0.481 e. The number of carboxylic acids is 1. The van der Waals surface area contributed by atoms with E-state index >= 15 is 0 Å². The molecule has 1 unspecified atom stereocenters. The Hall–Kier alpha value is -1.26. The maximum Gasteiger partial charge on any atom is 0.317 e. The Morgan fingerprint density at radius 2 is 1.74 bits per heavy atom. The van der Waals surface area contributed by atoms with E-state index in [1.165, 1.54) is 25.7 Å². The zero-order valence-electron chi connectivity index (χ0n) is 11.6. The second-order valence-corrected chi connectivity index (χ2v) is 5.93. The minimum atomic E-state index is -0.770. The summed E-state index contributed by atoms with van der Waals surface area (Å²) >= 11 is 0. The molecule has 2 fully saturated rings. The molecule has 0 bridgehead atoms. The third kappa shape index (κ3) is 3.61. The Labute approximate surface area is 114 Å². The zero-order valence-corrected chi connectivity index (χ0v) is 11.6. The van der Waals surface area contributed by atoms with E-state index in [1.54, 1.807) is 11.8 Å². The lowest BCUT2D eigenvalue weighted by Gasteiger charge is -2.41. The van der Waals surface area contributed by atoms with Crippen molar-refractivity contribution in [1.29, 1.82) is 0 Å². The Bertz CT molecular complexity index is 332. The predicted octanol–water partition coefficient (Wildman–Crippen LogP) is 2.07. The minimum absolute atomic E-state index is 0.0132. The molecule has 2 amide bonds. The smallest absolute Gasteiger partial charge is 0.317 e. The third-order valence-corrected chi connectivity index (χ3v) is 4.48. The molecule has 5 heteroatoms. The summed E-state index contributed by atoms with van der Waals surface area (Å²) in [5, 5.41) is 12.0. The van der Waals surface area contributed by atoms with Crippen molar-refractivity contribution < 1.29 is 14.7 Å². The van der Waals surface area contributed by atoms with Gasteiger partial charge in [-0.15, -0.1) is 0 Å². The lowest BCUT2D eigenvalue weighted by molar-refractivity contribution is -0.144. The van der Waals surface area contributed by atoms with Gasteiger partial charge in [0.05, 0.1) is 5.92 Å². The number of nitrogens with zero attached hydrogens (tertiary/aromatic N) is 1. The molecule has 2 N–H and O–H groups in total. The maximum absolute atomic E-state index is 12.0. The molecule has 0 aromatic carbocycles. The monoisotopic (exact) mass is 268 g/mol. The van der Waals surface area contributed by atoms with Crippen LogP contribution in [0, 0.1) is 11.8 Å². The highest BCUT2D eigenvalue weighted by atomic mass is 16.4. The number of likely N-dealkylation sites (tertiary alicyclic amines) is 1. The number of rotatable bonds is 3. The van der Waals surface area contributed by atoms with Gasteiger partial charge in [0.2, 0.25) is 0 Å². The average Bonchev–Trinajstić information content (AvgIpc) is 2.55. The first-order chi connectivity index (χ1) is 9.08. The molecule has 0 radical (unpaired) electrons. The van der Waals surface area contributed by atoms with Crippen molar-refractivity contribution in [3.63, 3.8) is 0 Å². The molecule has 1 aliphatic heterocycles. The van der Waals surface area contributed by atoms with Crippen LogP contribution >= 0.6 is 0 Å². The minimum Gasteiger partial charge on any atom is -0.481 e. The van der Waals surface area contributed by atoms with Crippen molar-refractivity contribution in [2.75, 3.05) is 13.1 Å². The van der Waals surface area contributed by atoms with Crippen LogP contribution in [0.5, 0.6) is 0 Å². The van der Waals surface area contributed by atoms with E-state index < -0.39 is 5.97 Å². The van der Waals surface area contributed by atoms with E-state index in [-0.39, 0.29) is 17.9 Å². The highest BCUT2D eigenvalue weighted by Crippen LogP contribution is 2.24. The van der Waals surface area contributed by atoms with Crippen LogP contribution in [0.25, 0.3) is 0 Å². The zero-order chi connectivity index (χ0) is 13.8. The van der Waals surface area contributed by atoms with Crippen molar-refractivity contribution in [3.05, 3.63) is 0 Å². The molecule has 5 nitrogen and oxygen atoms in total. The van der Waals surface area contributed by atoms with Gasteiger partial charge in [-0.05, 0) is 12.8 Å². The number of hydrogen-bond donors (Lipinski definition) is 2. The van der Waals surface area contributed by atoms with Crippen molar-refractivity contribution in [2.24, 2.45) is 11.8 Å². The van der Waals surface area contributed by atoms with Crippen molar-refractivity contribution in [1.82, 2.24) is 10.2 Å². The number of nitrogens with one attached hydrogen (secondary N) is 1. The molecule has 1 atom stereocenters. The number of carbonyl (C=O) groups is 2. The van der Waals surface area contributed by atoms with Gasteiger partial charge in [-0.1, -0.05) is 32.6 Å². The van der Waals surface area contributed by atoms with Gasteiger partial charge in [-0.25, -0.2) is 4.79 Å². The fourth-order valence-corrected chi connectivity index (χ4v) is 2.89. The Morgan fingerprint density at radius 3 is 2.26 bits per heavy atom. The van der Waals surface area contributed by atoms with Crippen molar-refractivity contribution in [2.45, 2.75) is 51.5 Å². The summed E-state index contributed by atoms with van der Waals surface area (Å²) < 4.78 is 0. The highest BCUT2D eigenvalue weighted by Gasteiger charge is 2.37. The summed E-state index contributed by atoms with van der Waals surface area (Å²) in [7, 11) is 0. The lowest BCUT2D eigenvalue weighted by atomic mass is 9.87. The molecule has 19 heavy (non-hydrogen) atoms. The molecule has 1 heterocycles. The summed E-state index contributed by atoms with van der Waals surface area (Å²) in [5.41, 5.74) is 0. The topological polar surface area (TPSA) is 69.6 Å². The Kier molecular flexibility index (Phi) is 4.66. The first-order valence-corrected chi connectivity index (χ1v) is 7.36. The third-order valence-electron chi connectivity index (χ3n) is 4.48. The van der Waals surface area contributed by atoms with Gasteiger partial charge in [0.1, 0.15) is 0 Å². The molecule has 108 valence electrons. The summed E-state index contributed by atoms with van der Waals surface area (Å²) in [5.74, 6) is -1.02. The number of urea groups is 1. The van der Waals surface area contributed by atoms with Crippen molar-refractivity contribution >= 4 is 12.0 Å². The van der Waals surface area contributed by atoms with Gasteiger partial charge in [-0.2, -0.15) is 0 Å². The first kappa shape index (κ1) is 14.2. The van der Waals surface area contributed by atoms with Gasteiger partial charge >= 0.3 is 12.0 Å². The predicted molar refractivity (Wildman–Crippen MR) is 71.9 cm³/mol. The van der Waals surface area contributed by atoms with E-state index in [0.717, 1.165) is 12.8 Å². The second-order valence-electron chi connectivity index (χ2n) is 5.93. The molecule has 1 saturated carbocycles. The molecule has 1 saturated heterocycles. The standard InChI is InChI=1S/C14H24N2O3/c1-10(13(17)18)11-8-16(9-11)14(19)15-12-6-4-2-3-5-7-12/h10-12H,2-9H2,1H3,(H,15,19)(H,17,18). The van der Waals surface area contributed by atoms with Crippen LogP contribution in [0.1, 0.15) is 45.4 Å². The lowest BCUT2D eigenvalue weighted by Crippen LogP contribution is -2.57. The van der Waals surface area contributed by atoms with Crippen LogP contribution in [-0.2, 0) is 4.79 Å². The van der Waals surface area contributed by atoms with E-state index in [1.807, 2.05) is 0 Å². The number of amides is 2. The summed E-state index contributed by atoms with van der Waals surface area (Å²) in [6, 6.07) is 0.298. The summed E-state index contributed by atoms with van der Waals surface area (Å²) in [6.45, 7) is 2.87. The van der Waals surface area contributed by atoms with Crippen LogP contribution in [0.15, 0.2) is 0 Å². The van der Waals surface area contributed by atoms with Gasteiger partial charge in [0.15, 0.2) is 0 Å². The molecule has 0 spiro atoms. The normalized spacial score (nSPS) is 23.3. The van der Waals surface area contributed by atoms with Gasteiger partial charge < -0.3 is 15.3 Å². The number of hydrogen-bond acceptors (Lipinski definition) is 2. The fourth-order valence-electron chi connectivity index (χ4n) is 2.89. The summed E-state index contributed by atoms with van der Waals surface area (Å²) in [6.07, 6.45) is 7.10. The Balaban J connectivity index is 1.72. The molecular formula is C14H24N2O3. The van der Waals surface area contributed by atoms with Crippen molar-refractivity contribution in [3.8, 4) is 0 Å².